The Morgan fingerprint density at radius 2 is 2.00 bits per heavy atom. The summed E-state index contributed by atoms with van der Waals surface area (Å²) in [7, 11) is 0. The van der Waals surface area contributed by atoms with Crippen molar-refractivity contribution in [2.75, 3.05) is 24.6 Å². The summed E-state index contributed by atoms with van der Waals surface area (Å²) in [6.07, 6.45) is 2.49. The minimum Gasteiger partial charge on any atom is -0.462 e. The van der Waals surface area contributed by atoms with Gasteiger partial charge in [-0.1, -0.05) is 30.3 Å². The van der Waals surface area contributed by atoms with Gasteiger partial charge in [0.05, 0.1) is 23.4 Å². The molecule has 1 N–H and O–H groups in total. The molecule has 0 bridgehead atoms. The zero-order valence-electron chi connectivity index (χ0n) is 18.3. The average molecular weight is 431 g/mol. The van der Waals surface area contributed by atoms with Crippen LogP contribution in [0.2, 0.25) is 0 Å². The Hall–Kier alpha value is -3.73. The molecule has 3 heterocycles. The van der Waals surface area contributed by atoms with Gasteiger partial charge in [0, 0.05) is 25.4 Å². The van der Waals surface area contributed by atoms with Crippen LogP contribution in [0.3, 0.4) is 0 Å². The lowest BCUT2D eigenvalue weighted by atomic mass is 9.95. The van der Waals surface area contributed by atoms with E-state index in [1.807, 2.05) is 18.2 Å². The number of hydrogen-bond acceptors (Lipinski definition) is 7. The van der Waals surface area contributed by atoms with Crippen molar-refractivity contribution in [1.82, 2.24) is 20.2 Å². The lowest BCUT2D eigenvalue weighted by molar-refractivity contribution is 0.0525. The van der Waals surface area contributed by atoms with Gasteiger partial charge in [0.25, 0.3) is 0 Å². The number of hydrogen-bond donors (Lipinski definition) is 1. The third-order valence-corrected chi connectivity index (χ3v) is 5.76. The third kappa shape index (κ3) is 4.62. The molecule has 3 aromatic rings. The molecule has 0 amide bonds. The van der Waals surface area contributed by atoms with Crippen LogP contribution in [-0.4, -0.2) is 45.8 Å². The third-order valence-electron chi connectivity index (χ3n) is 5.76. The minimum atomic E-state index is -0.448. The number of aromatic amines is 1. The van der Waals surface area contributed by atoms with E-state index in [4.69, 9.17) is 4.74 Å². The van der Waals surface area contributed by atoms with Crippen LogP contribution in [-0.2, 0) is 11.2 Å². The van der Waals surface area contributed by atoms with Gasteiger partial charge in [0.2, 0.25) is 0 Å². The largest absolute Gasteiger partial charge is 0.462 e. The Morgan fingerprint density at radius 3 is 2.69 bits per heavy atom. The van der Waals surface area contributed by atoms with Crippen molar-refractivity contribution in [3.63, 3.8) is 0 Å². The number of H-pyrrole nitrogens is 1. The van der Waals surface area contributed by atoms with Gasteiger partial charge in [-0.15, -0.1) is 10.2 Å². The zero-order chi connectivity index (χ0) is 22.5. The van der Waals surface area contributed by atoms with Crippen molar-refractivity contribution in [3.8, 4) is 6.07 Å². The van der Waals surface area contributed by atoms with Crippen molar-refractivity contribution in [3.05, 3.63) is 70.4 Å². The molecule has 32 heavy (non-hydrogen) atoms. The maximum absolute atomic E-state index is 12.1. The fourth-order valence-electron chi connectivity index (χ4n) is 4.06. The monoisotopic (exact) mass is 430 g/mol. The van der Waals surface area contributed by atoms with Gasteiger partial charge in [0.1, 0.15) is 23.5 Å². The summed E-state index contributed by atoms with van der Waals surface area (Å²) in [6.45, 7) is 5.30. The first-order valence-corrected chi connectivity index (χ1v) is 10.9. The highest BCUT2D eigenvalue weighted by molar-refractivity contribution is 5.91. The number of piperidine rings is 1. The highest BCUT2D eigenvalue weighted by Crippen LogP contribution is 2.30. The topological polar surface area (TPSA) is 108 Å². The Morgan fingerprint density at radius 1 is 1.25 bits per heavy atom. The second-order valence-corrected chi connectivity index (χ2v) is 7.91. The molecule has 8 nitrogen and oxygen atoms in total. The summed E-state index contributed by atoms with van der Waals surface area (Å²) >= 11 is 0. The van der Waals surface area contributed by atoms with Crippen molar-refractivity contribution in [2.45, 2.75) is 39.0 Å². The molecule has 1 aliphatic rings. The Kier molecular flexibility index (Phi) is 6.45. The molecule has 0 saturated carbocycles. The maximum atomic E-state index is 12.1. The molecular weight excluding hydrogens is 404 g/mol. The van der Waals surface area contributed by atoms with Crippen molar-refractivity contribution >= 4 is 11.8 Å². The van der Waals surface area contributed by atoms with Crippen LogP contribution in [0.25, 0.3) is 0 Å². The van der Waals surface area contributed by atoms with E-state index in [-0.39, 0.29) is 12.5 Å². The highest BCUT2D eigenvalue weighted by atomic mass is 16.5. The molecular formula is C24H26N6O2. The number of rotatable bonds is 6. The van der Waals surface area contributed by atoms with Crippen molar-refractivity contribution in [2.24, 2.45) is 0 Å². The summed E-state index contributed by atoms with van der Waals surface area (Å²) in [4.78, 5) is 22.2. The van der Waals surface area contributed by atoms with Crippen LogP contribution in [0.4, 0.5) is 5.82 Å². The highest BCUT2D eigenvalue weighted by Gasteiger charge is 2.27. The minimum absolute atomic E-state index is 0.282. The SMILES string of the molecule is CCOC(=O)c1cc(C#N)c(N2CCC(c3nnc(Cc4ccccc4)[nH]3)CC2)nc1C. The van der Waals surface area contributed by atoms with E-state index in [0.717, 1.165) is 44.0 Å². The van der Waals surface area contributed by atoms with Gasteiger partial charge < -0.3 is 14.6 Å². The quantitative estimate of drug-likeness (QED) is 0.596. The van der Waals surface area contributed by atoms with E-state index in [1.165, 1.54) is 5.56 Å². The lowest BCUT2D eigenvalue weighted by Crippen LogP contribution is -2.34. The normalized spacial score (nSPS) is 14.2. The predicted octanol–water partition coefficient (Wildman–Crippen LogP) is 3.53. The Labute approximate surface area is 187 Å². The number of nitriles is 1. The first-order chi connectivity index (χ1) is 15.6. The second-order valence-electron chi connectivity index (χ2n) is 7.91. The smallest absolute Gasteiger partial charge is 0.340 e. The number of nitrogens with zero attached hydrogens (tertiary/aromatic N) is 5. The van der Waals surface area contributed by atoms with Gasteiger partial charge >= 0.3 is 5.97 Å². The molecule has 164 valence electrons. The fraction of sp³-hybridized carbons (Fsp3) is 0.375. The van der Waals surface area contributed by atoms with E-state index in [0.29, 0.717) is 22.6 Å². The molecule has 0 aliphatic carbocycles. The Balaban J connectivity index is 1.43. The number of aryl methyl sites for hydroxylation is 1. The van der Waals surface area contributed by atoms with Crippen molar-refractivity contribution in [1.29, 1.82) is 5.26 Å². The number of carbonyl (C=O) groups is 1. The van der Waals surface area contributed by atoms with Crippen LogP contribution >= 0.6 is 0 Å². The average Bonchev–Trinajstić information content (AvgIpc) is 3.28. The number of nitrogens with one attached hydrogen (secondary N) is 1. The van der Waals surface area contributed by atoms with Crippen LogP contribution in [0, 0.1) is 18.3 Å². The number of carbonyl (C=O) groups excluding carboxylic acids is 1. The second kappa shape index (κ2) is 9.60. The number of aromatic nitrogens is 4. The van der Waals surface area contributed by atoms with E-state index in [2.05, 4.69) is 43.3 Å². The van der Waals surface area contributed by atoms with E-state index in [9.17, 15) is 10.1 Å². The predicted molar refractivity (Wildman–Crippen MR) is 119 cm³/mol. The first-order valence-electron chi connectivity index (χ1n) is 10.9. The molecule has 0 atom stereocenters. The lowest BCUT2D eigenvalue weighted by Gasteiger charge is -2.32. The van der Waals surface area contributed by atoms with Crippen molar-refractivity contribution < 1.29 is 9.53 Å². The molecule has 2 aromatic heterocycles. The summed E-state index contributed by atoms with van der Waals surface area (Å²) in [5.74, 6) is 2.24. The van der Waals surface area contributed by atoms with Gasteiger partial charge in [-0.05, 0) is 38.3 Å². The molecule has 0 unspecified atom stereocenters. The molecule has 1 aromatic carbocycles. The van der Waals surface area contributed by atoms with Gasteiger partial charge in [-0.2, -0.15) is 5.26 Å². The number of anilines is 1. The molecule has 4 rings (SSSR count). The van der Waals surface area contributed by atoms with E-state index in [1.54, 1.807) is 19.9 Å². The number of benzene rings is 1. The molecule has 1 saturated heterocycles. The van der Waals surface area contributed by atoms with Crippen LogP contribution in [0.15, 0.2) is 36.4 Å². The van der Waals surface area contributed by atoms with Crippen LogP contribution in [0.1, 0.15) is 64.5 Å². The zero-order valence-corrected chi connectivity index (χ0v) is 18.3. The number of ether oxygens (including phenoxy) is 1. The number of esters is 1. The summed E-state index contributed by atoms with van der Waals surface area (Å²) in [6, 6.07) is 14.0. The summed E-state index contributed by atoms with van der Waals surface area (Å²) < 4.78 is 5.08. The van der Waals surface area contributed by atoms with Gasteiger partial charge in [0.15, 0.2) is 0 Å². The standard InChI is InChI=1S/C24H26N6O2/c1-3-32-24(31)20-14-19(15-25)23(26-16(20)2)30-11-9-18(10-12-30)22-27-21(28-29-22)13-17-7-5-4-6-8-17/h4-8,14,18H,3,9-13H2,1-2H3,(H,27,28,29). The molecule has 8 heteroatoms. The maximum Gasteiger partial charge on any atom is 0.340 e. The van der Waals surface area contributed by atoms with Gasteiger partial charge in [-0.25, -0.2) is 9.78 Å². The fourth-order valence-corrected chi connectivity index (χ4v) is 4.06. The first kappa shape index (κ1) is 21.5. The van der Waals surface area contributed by atoms with Crippen LogP contribution < -0.4 is 4.90 Å². The molecule has 1 aliphatic heterocycles. The molecule has 0 radical (unpaired) electrons. The van der Waals surface area contributed by atoms with E-state index >= 15 is 0 Å². The van der Waals surface area contributed by atoms with E-state index < -0.39 is 5.97 Å². The molecule has 1 fully saturated rings. The summed E-state index contributed by atoms with van der Waals surface area (Å²) in [5.41, 5.74) is 2.50. The summed E-state index contributed by atoms with van der Waals surface area (Å²) in [5, 5.41) is 18.4. The van der Waals surface area contributed by atoms with Crippen LogP contribution in [0.5, 0.6) is 0 Å². The number of pyridine rings is 1. The Bertz CT molecular complexity index is 1130. The van der Waals surface area contributed by atoms with Gasteiger partial charge in [-0.3, -0.25) is 0 Å². The molecule has 0 spiro atoms.